The van der Waals surface area contributed by atoms with Crippen LogP contribution in [0.3, 0.4) is 0 Å². The second-order valence-corrected chi connectivity index (χ2v) is 4.99. The summed E-state index contributed by atoms with van der Waals surface area (Å²) in [7, 11) is 0. The highest BCUT2D eigenvalue weighted by atomic mass is 35.5. The van der Waals surface area contributed by atoms with E-state index in [9.17, 15) is 9.59 Å². The quantitative estimate of drug-likeness (QED) is 0.853. The van der Waals surface area contributed by atoms with Gasteiger partial charge in [0.1, 0.15) is 0 Å². The molecule has 5 heteroatoms. The van der Waals surface area contributed by atoms with E-state index in [0.29, 0.717) is 22.4 Å². The molecule has 3 N–H and O–H groups in total. The second-order valence-electron chi connectivity index (χ2n) is 4.65. The average Bonchev–Trinajstić information content (AvgIpc) is 2.38. The predicted octanol–water partition coefficient (Wildman–Crippen LogP) is 2.50. The van der Waals surface area contributed by atoms with Gasteiger partial charge < -0.3 is 10.7 Å². The summed E-state index contributed by atoms with van der Waals surface area (Å²) in [5.74, 6) is 0. The Labute approximate surface area is 121 Å². The van der Waals surface area contributed by atoms with E-state index in [4.69, 9.17) is 17.3 Å². The van der Waals surface area contributed by atoms with E-state index in [1.54, 1.807) is 6.92 Å². The molecule has 0 saturated carbocycles. The molecule has 0 fully saturated rings. The van der Waals surface area contributed by atoms with Crippen LogP contribution in [-0.4, -0.2) is 10.2 Å². The number of nitrogens with two attached hydrogens (primary N) is 1. The number of benzene rings is 1. The lowest BCUT2D eigenvalue weighted by atomic mass is 9.94. The van der Waals surface area contributed by atoms with E-state index in [2.05, 4.69) is 4.98 Å². The maximum Gasteiger partial charge on any atom is 0.254 e. The van der Waals surface area contributed by atoms with E-state index in [1.807, 2.05) is 31.2 Å². The summed E-state index contributed by atoms with van der Waals surface area (Å²) in [6.45, 7) is 3.65. The van der Waals surface area contributed by atoms with Crippen molar-refractivity contribution in [2.75, 3.05) is 0 Å². The number of carbonyl (C=O) groups excluding carboxylic acids is 1. The van der Waals surface area contributed by atoms with Crippen molar-refractivity contribution < 1.29 is 4.79 Å². The minimum atomic E-state index is -0.607. The summed E-state index contributed by atoms with van der Waals surface area (Å²) in [4.78, 5) is 26.3. The number of pyridine rings is 1. The first kappa shape index (κ1) is 14.5. The summed E-state index contributed by atoms with van der Waals surface area (Å²) in [6.07, 6.45) is 0. The highest BCUT2D eigenvalue weighted by Crippen LogP contribution is 2.28. The van der Waals surface area contributed by atoms with Crippen LogP contribution in [0.1, 0.15) is 27.2 Å². The smallest absolute Gasteiger partial charge is 0.254 e. The minimum Gasteiger partial charge on any atom is -0.326 e. The first-order valence-electron chi connectivity index (χ1n) is 6.18. The van der Waals surface area contributed by atoms with Crippen LogP contribution in [-0.2, 0) is 6.54 Å². The predicted molar refractivity (Wildman–Crippen MR) is 80.0 cm³/mol. The van der Waals surface area contributed by atoms with Gasteiger partial charge in [-0.05, 0) is 31.0 Å². The summed E-state index contributed by atoms with van der Waals surface area (Å²) in [6, 6.07) is 7.53. The van der Waals surface area contributed by atoms with E-state index < -0.39 is 5.24 Å². The maximum atomic E-state index is 12.0. The lowest BCUT2D eigenvalue weighted by Crippen LogP contribution is -2.21. The molecule has 4 nitrogen and oxygen atoms in total. The van der Waals surface area contributed by atoms with E-state index in [-0.39, 0.29) is 12.1 Å². The van der Waals surface area contributed by atoms with E-state index >= 15 is 0 Å². The second kappa shape index (κ2) is 5.61. The SMILES string of the molecule is Cc1ccc(-c2c(C(=O)Cl)c(C)[nH]c(=O)c2CN)cc1. The van der Waals surface area contributed by atoms with Gasteiger partial charge in [-0.15, -0.1) is 0 Å². The van der Waals surface area contributed by atoms with Crippen molar-refractivity contribution in [1.29, 1.82) is 0 Å². The number of hydrogen-bond acceptors (Lipinski definition) is 3. The van der Waals surface area contributed by atoms with Crippen LogP contribution in [0.5, 0.6) is 0 Å². The highest BCUT2D eigenvalue weighted by molar-refractivity contribution is 6.68. The zero-order valence-electron chi connectivity index (χ0n) is 11.3. The van der Waals surface area contributed by atoms with Crippen LogP contribution in [0.4, 0.5) is 0 Å². The highest BCUT2D eigenvalue weighted by Gasteiger charge is 2.20. The van der Waals surface area contributed by atoms with E-state index in [0.717, 1.165) is 11.1 Å². The van der Waals surface area contributed by atoms with Gasteiger partial charge in [0.2, 0.25) is 0 Å². The Hall–Kier alpha value is -1.91. The fourth-order valence-electron chi connectivity index (χ4n) is 2.24. The van der Waals surface area contributed by atoms with Crippen molar-refractivity contribution in [3.05, 3.63) is 57.0 Å². The zero-order chi connectivity index (χ0) is 14.9. The van der Waals surface area contributed by atoms with Gasteiger partial charge in [-0.3, -0.25) is 9.59 Å². The molecular formula is C15H15ClN2O2. The molecule has 1 aromatic carbocycles. The molecule has 0 saturated heterocycles. The fourth-order valence-corrected chi connectivity index (χ4v) is 2.48. The number of nitrogens with one attached hydrogen (secondary N) is 1. The third-order valence-electron chi connectivity index (χ3n) is 3.24. The van der Waals surface area contributed by atoms with Crippen LogP contribution < -0.4 is 11.3 Å². The van der Waals surface area contributed by atoms with Gasteiger partial charge in [-0.25, -0.2) is 0 Å². The number of aromatic amines is 1. The third kappa shape index (κ3) is 2.53. The normalized spacial score (nSPS) is 10.6. The Balaban J connectivity index is 2.87. The molecule has 20 heavy (non-hydrogen) atoms. The summed E-state index contributed by atoms with van der Waals surface area (Å²) >= 11 is 5.67. The van der Waals surface area contributed by atoms with Gasteiger partial charge in [0.25, 0.3) is 10.8 Å². The molecular weight excluding hydrogens is 276 g/mol. The Bertz CT molecular complexity index is 718. The van der Waals surface area contributed by atoms with Gasteiger partial charge in [0, 0.05) is 23.4 Å². The summed E-state index contributed by atoms with van der Waals surface area (Å²) in [5, 5.41) is -0.607. The number of aryl methyl sites for hydroxylation is 2. The monoisotopic (exact) mass is 290 g/mol. The van der Waals surface area contributed by atoms with Crippen LogP contribution >= 0.6 is 11.6 Å². The molecule has 104 valence electrons. The van der Waals surface area contributed by atoms with Crippen LogP contribution in [0.15, 0.2) is 29.1 Å². The molecule has 0 bridgehead atoms. The van der Waals surface area contributed by atoms with E-state index in [1.165, 1.54) is 0 Å². The fraction of sp³-hybridized carbons (Fsp3) is 0.200. The molecule has 0 spiro atoms. The lowest BCUT2D eigenvalue weighted by Gasteiger charge is -2.14. The molecule has 0 radical (unpaired) electrons. The molecule has 1 aromatic heterocycles. The molecule has 2 rings (SSSR count). The van der Waals surface area contributed by atoms with Crippen molar-refractivity contribution in [3.8, 4) is 11.1 Å². The molecule has 0 aliphatic rings. The number of aromatic nitrogens is 1. The van der Waals surface area contributed by atoms with Crippen LogP contribution in [0, 0.1) is 13.8 Å². The topological polar surface area (TPSA) is 76.0 Å². The summed E-state index contributed by atoms with van der Waals surface area (Å²) < 4.78 is 0. The first-order valence-corrected chi connectivity index (χ1v) is 6.56. The number of hydrogen-bond donors (Lipinski definition) is 2. The average molecular weight is 291 g/mol. The third-order valence-corrected chi connectivity index (χ3v) is 3.43. The maximum absolute atomic E-state index is 12.0. The van der Waals surface area contributed by atoms with Crippen LogP contribution in [0.2, 0.25) is 0 Å². The van der Waals surface area contributed by atoms with Crippen molar-refractivity contribution >= 4 is 16.8 Å². The van der Waals surface area contributed by atoms with Gasteiger partial charge in [0.05, 0.1) is 5.56 Å². The largest absolute Gasteiger partial charge is 0.326 e. The van der Waals surface area contributed by atoms with Gasteiger partial charge in [-0.2, -0.15) is 0 Å². The lowest BCUT2D eigenvalue weighted by molar-refractivity contribution is 0.108. The van der Waals surface area contributed by atoms with Crippen molar-refractivity contribution in [3.63, 3.8) is 0 Å². The zero-order valence-corrected chi connectivity index (χ0v) is 12.0. The number of rotatable bonds is 3. The molecule has 0 aliphatic carbocycles. The van der Waals surface area contributed by atoms with Crippen LogP contribution in [0.25, 0.3) is 11.1 Å². The van der Waals surface area contributed by atoms with Gasteiger partial charge in [-0.1, -0.05) is 29.8 Å². The van der Waals surface area contributed by atoms with Gasteiger partial charge in [0.15, 0.2) is 0 Å². The number of carbonyl (C=O) groups is 1. The first-order chi connectivity index (χ1) is 9.45. The Morgan fingerprint density at radius 3 is 2.35 bits per heavy atom. The van der Waals surface area contributed by atoms with Gasteiger partial charge >= 0.3 is 0 Å². The minimum absolute atomic E-state index is 0.0377. The molecule has 0 atom stereocenters. The molecule has 0 amide bonds. The Kier molecular flexibility index (Phi) is 4.06. The Morgan fingerprint density at radius 2 is 1.85 bits per heavy atom. The molecule has 1 heterocycles. The molecule has 2 aromatic rings. The van der Waals surface area contributed by atoms with Crippen molar-refractivity contribution in [2.45, 2.75) is 20.4 Å². The standard InChI is InChI=1S/C15H15ClN2O2/c1-8-3-5-10(6-4-8)13-11(7-17)15(20)18-9(2)12(13)14(16)19/h3-6H,7,17H2,1-2H3,(H,18,20). The van der Waals surface area contributed by atoms with Crippen molar-refractivity contribution in [1.82, 2.24) is 4.98 Å². The molecule has 0 aliphatic heterocycles. The summed E-state index contributed by atoms with van der Waals surface area (Å²) in [5.41, 5.74) is 8.85. The molecule has 0 unspecified atom stereocenters. The number of H-pyrrole nitrogens is 1. The van der Waals surface area contributed by atoms with Crippen molar-refractivity contribution in [2.24, 2.45) is 5.73 Å². The Morgan fingerprint density at radius 1 is 1.25 bits per heavy atom. The number of halogens is 1.